The van der Waals surface area contributed by atoms with Crippen LogP contribution in [-0.4, -0.2) is 19.7 Å². The molecule has 0 unspecified atom stereocenters. The number of methoxy groups -OCH3 is 1. The van der Waals surface area contributed by atoms with Crippen LogP contribution in [0, 0.1) is 5.92 Å². The summed E-state index contributed by atoms with van der Waals surface area (Å²) in [6.45, 7) is 2.31. The normalized spacial score (nSPS) is 22.0. The molecule has 2 rings (SSSR count). The summed E-state index contributed by atoms with van der Waals surface area (Å²) in [7, 11) is 1.66. The van der Waals surface area contributed by atoms with Crippen LogP contribution in [0.25, 0.3) is 0 Å². The Morgan fingerprint density at radius 2 is 2.06 bits per heavy atom. The molecule has 92 valence electrons. The Balaban J connectivity index is 1.87. The molecule has 0 heterocycles. The lowest BCUT2D eigenvalue weighted by Crippen LogP contribution is -2.04. The minimum absolute atomic E-state index is 0.0755. The van der Waals surface area contributed by atoms with E-state index in [1.54, 1.807) is 7.11 Å². The summed E-state index contributed by atoms with van der Waals surface area (Å²) >= 11 is 0. The van der Waals surface area contributed by atoms with Crippen molar-refractivity contribution in [3.63, 3.8) is 0 Å². The molecule has 1 aliphatic rings. The Bertz CT molecular complexity index is 383. The Morgan fingerprint density at radius 1 is 1.35 bits per heavy atom. The average molecular weight is 234 g/mol. The van der Waals surface area contributed by atoms with Crippen LogP contribution < -0.4 is 4.74 Å². The zero-order valence-corrected chi connectivity index (χ0v) is 10.3. The van der Waals surface area contributed by atoms with Gasteiger partial charge in [-0.05, 0) is 42.9 Å². The molecule has 0 N–H and O–H groups in total. The molecule has 0 bridgehead atoms. The van der Waals surface area contributed by atoms with Crippen molar-refractivity contribution in [1.29, 1.82) is 0 Å². The topological polar surface area (TPSA) is 35.5 Å². The highest BCUT2D eigenvalue weighted by molar-refractivity contribution is 5.70. The highest BCUT2D eigenvalue weighted by atomic mass is 16.5. The molecule has 1 aromatic rings. The first-order chi connectivity index (χ1) is 8.24. The van der Waals surface area contributed by atoms with Crippen molar-refractivity contribution in [3.05, 3.63) is 29.8 Å². The van der Waals surface area contributed by atoms with E-state index >= 15 is 0 Å². The van der Waals surface area contributed by atoms with E-state index in [0.717, 1.165) is 12.2 Å². The monoisotopic (exact) mass is 234 g/mol. The molecule has 0 aliphatic heterocycles. The molecule has 1 aromatic carbocycles. The van der Waals surface area contributed by atoms with Crippen molar-refractivity contribution in [2.75, 3.05) is 13.7 Å². The van der Waals surface area contributed by atoms with Gasteiger partial charge in [0, 0.05) is 6.42 Å². The zero-order chi connectivity index (χ0) is 12.3. The van der Waals surface area contributed by atoms with E-state index < -0.39 is 0 Å². The SMILES string of the molecule is CCOC(=O)C[C@@H]1C[C@H]1c1ccc(OC)cc1. The number of benzene rings is 1. The van der Waals surface area contributed by atoms with Crippen LogP contribution in [0.5, 0.6) is 5.75 Å². The third-order valence-electron chi connectivity index (χ3n) is 3.20. The second-order valence-electron chi connectivity index (χ2n) is 4.38. The second-order valence-corrected chi connectivity index (χ2v) is 4.38. The molecule has 17 heavy (non-hydrogen) atoms. The van der Waals surface area contributed by atoms with Crippen LogP contribution >= 0.6 is 0 Å². The molecular formula is C14H18O3. The minimum Gasteiger partial charge on any atom is -0.497 e. The molecule has 0 saturated heterocycles. The van der Waals surface area contributed by atoms with Crippen molar-refractivity contribution >= 4 is 5.97 Å². The fourth-order valence-electron chi connectivity index (χ4n) is 2.17. The summed E-state index contributed by atoms with van der Waals surface area (Å²) in [5, 5.41) is 0. The summed E-state index contributed by atoms with van der Waals surface area (Å²) in [4.78, 5) is 11.3. The van der Waals surface area contributed by atoms with Crippen LogP contribution in [0.15, 0.2) is 24.3 Å². The van der Waals surface area contributed by atoms with Gasteiger partial charge in [0.05, 0.1) is 13.7 Å². The molecule has 2 atom stereocenters. The van der Waals surface area contributed by atoms with E-state index in [4.69, 9.17) is 9.47 Å². The fourth-order valence-corrected chi connectivity index (χ4v) is 2.17. The number of carbonyl (C=O) groups is 1. The number of carbonyl (C=O) groups excluding carboxylic acids is 1. The van der Waals surface area contributed by atoms with Crippen molar-refractivity contribution in [1.82, 2.24) is 0 Å². The Kier molecular flexibility index (Phi) is 3.67. The number of hydrogen-bond donors (Lipinski definition) is 0. The van der Waals surface area contributed by atoms with E-state index in [1.807, 2.05) is 19.1 Å². The van der Waals surface area contributed by atoms with Crippen molar-refractivity contribution < 1.29 is 14.3 Å². The van der Waals surface area contributed by atoms with Crippen LogP contribution in [-0.2, 0) is 9.53 Å². The molecule has 0 aromatic heterocycles. The standard InChI is InChI=1S/C14H18O3/c1-3-17-14(15)9-11-8-13(11)10-4-6-12(16-2)7-5-10/h4-7,11,13H,3,8-9H2,1-2H3/t11-,13-/m0/s1. The molecule has 3 heteroatoms. The summed E-state index contributed by atoms with van der Waals surface area (Å²) in [5.41, 5.74) is 1.29. The largest absolute Gasteiger partial charge is 0.497 e. The summed E-state index contributed by atoms with van der Waals surface area (Å²) in [5.74, 6) is 1.78. The lowest BCUT2D eigenvalue weighted by molar-refractivity contribution is -0.143. The third kappa shape index (κ3) is 2.99. The fraction of sp³-hybridized carbons (Fsp3) is 0.500. The molecule has 0 radical (unpaired) electrons. The smallest absolute Gasteiger partial charge is 0.306 e. The maximum absolute atomic E-state index is 11.3. The first kappa shape index (κ1) is 12.0. The van der Waals surface area contributed by atoms with Crippen LogP contribution in [0.4, 0.5) is 0 Å². The summed E-state index contributed by atoms with van der Waals surface area (Å²) < 4.78 is 10.1. The number of rotatable bonds is 5. The predicted molar refractivity (Wildman–Crippen MR) is 65.1 cm³/mol. The van der Waals surface area contributed by atoms with Gasteiger partial charge in [0.1, 0.15) is 5.75 Å². The Labute approximate surface area is 102 Å². The summed E-state index contributed by atoms with van der Waals surface area (Å²) in [6, 6.07) is 8.09. The van der Waals surface area contributed by atoms with Gasteiger partial charge < -0.3 is 9.47 Å². The van der Waals surface area contributed by atoms with Gasteiger partial charge in [-0.2, -0.15) is 0 Å². The lowest BCUT2D eigenvalue weighted by atomic mass is 10.1. The van der Waals surface area contributed by atoms with Crippen LogP contribution in [0.1, 0.15) is 31.2 Å². The first-order valence-electron chi connectivity index (χ1n) is 6.04. The highest BCUT2D eigenvalue weighted by Gasteiger charge is 2.39. The van der Waals surface area contributed by atoms with E-state index in [0.29, 0.717) is 24.9 Å². The predicted octanol–water partition coefficient (Wildman–Crippen LogP) is 2.75. The maximum Gasteiger partial charge on any atom is 0.306 e. The summed E-state index contributed by atoms with van der Waals surface area (Å²) in [6.07, 6.45) is 1.63. The molecule has 1 aliphatic carbocycles. The third-order valence-corrected chi connectivity index (χ3v) is 3.20. The molecule has 3 nitrogen and oxygen atoms in total. The Hall–Kier alpha value is -1.51. The first-order valence-corrected chi connectivity index (χ1v) is 6.04. The van der Waals surface area contributed by atoms with E-state index in [-0.39, 0.29) is 5.97 Å². The van der Waals surface area contributed by atoms with Gasteiger partial charge in [-0.15, -0.1) is 0 Å². The maximum atomic E-state index is 11.3. The van der Waals surface area contributed by atoms with Gasteiger partial charge in [0.15, 0.2) is 0 Å². The van der Waals surface area contributed by atoms with Gasteiger partial charge in [-0.1, -0.05) is 12.1 Å². The molecule has 1 saturated carbocycles. The zero-order valence-electron chi connectivity index (χ0n) is 10.3. The number of hydrogen-bond acceptors (Lipinski definition) is 3. The van der Waals surface area contributed by atoms with Gasteiger partial charge in [0.2, 0.25) is 0 Å². The molecule has 0 spiro atoms. The van der Waals surface area contributed by atoms with Gasteiger partial charge in [-0.25, -0.2) is 0 Å². The quantitative estimate of drug-likeness (QED) is 0.735. The number of ether oxygens (including phenoxy) is 2. The van der Waals surface area contributed by atoms with Gasteiger partial charge in [-0.3, -0.25) is 4.79 Å². The Morgan fingerprint density at radius 3 is 2.65 bits per heavy atom. The van der Waals surface area contributed by atoms with Crippen molar-refractivity contribution in [3.8, 4) is 5.75 Å². The van der Waals surface area contributed by atoms with Crippen LogP contribution in [0.3, 0.4) is 0 Å². The molecular weight excluding hydrogens is 216 g/mol. The van der Waals surface area contributed by atoms with Gasteiger partial charge in [0.25, 0.3) is 0 Å². The number of esters is 1. The van der Waals surface area contributed by atoms with E-state index in [9.17, 15) is 4.79 Å². The average Bonchev–Trinajstić information content (AvgIpc) is 3.09. The van der Waals surface area contributed by atoms with Crippen LogP contribution in [0.2, 0.25) is 0 Å². The van der Waals surface area contributed by atoms with Gasteiger partial charge >= 0.3 is 5.97 Å². The highest BCUT2D eigenvalue weighted by Crippen LogP contribution is 2.49. The van der Waals surface area contributed by atoms with E-state index in [2.05, 4.69) is 12.1 Å². The second kappa shape index (κ2) is 5.21. The van der Waals surface area contributed by atoms with Crippen molar-refractivity contribution in [2.24, 2.45) is 5.92 Å². The van der Waals surface area contributed by atoms with Crippen molar-refractivity contribution in [2.45, 2.75) is 25.7 Å². The lowest BCUT2D eigenvalue weighted by Gasteiger charge is -2.03. The van der Waals surface area contributed by atoms with E-state index in [1.165, 1.54) is 5.56 Å². The minimum atomic E-state index is -0.0755. The molecule has 1 fully saturated rings. The molecule has 0 amide bonds.